The Bertz CT molecular complexity index is 583. The summed E-state index contributed by atoms with van der Waals surface area (Å²) in [6, 6.07) is 0. The molecule has 120 valence electrons. The number of nitrogens with zero attached hydrogens (tertiary/aromatic N) is 2. The lowest BCUT2D eigenvalue weighted by atomic mass is 10.3. The molecule has 9 heteroatoms. The topological polar surface area (TPSA) is 88.6 Å². The molecule has 0 aromatic carbocycles. The number of sulfonamides is 1. The Morgan fingerprint density at radius 3 is 2.71 bits per heavy atom. The molecule has 0 radical (unpaired) electrons. The van der Waals surface area contributed by atoms with Gasteiger partial charge in [0, 0.05) is 26.8 Å². The van der Waals surface area contributed by atoms with Crippen LogP contribution in [0.5, 0.6) is 0 Å². The summed E-state index contributed by atoms with van der Waals surface area (Å²) in [7, 11) is -1.97. The third kappa shape index (κ3) is 5.25. The molecule has 0 unspecified atom stereocenters. The highest BCUT2D eigenvalue weighted by Gasteiger charge is 2.21. The Balaban J connectivity index is 2.67. The van der Waals surface area contributed by atoms with E-state index < -0.39 is 10.0 Å². The van der Waals surface area contributed by atoms with Crippen LogP contribution in [0.2, 0.25) is 0 Å². The number of amides is 1. The Morgan fingerprint density at radius 1 is 1.48 bits per heavy atom. The van der Waals surface area contributed by atoms with Gasteiger partial charge >= 0.3 is 0 Å². The molecule has 1 aromatic heterocycles. The van der Waals surface area contributed by atoms with Crippen molar-refractivity contribution in [2.75, 3.05) is 37.4 Å². The molecule has 7 nitrogen and oxygen atoms in total. The molecule has 0 aliphatic carbocycles. The zero-order valence-corrected chi connectivity index (χ0v) is 14.3. The molecule has 1 N–H and O–H groups in total. The average Bonchev–Trinajstić information content (AvgIpc) is 2.78. The number of hydrogen-bond acceptors (Lipinski definition) is 6. The van der Waals surface area contributed by atoms with Crippen LogP contribution in [0.1, 0.15) is 28.7 Å². The van der Waals surface area contributed by atoms with Crippen molar-refractivity contribution in [3.8, 4) is 0 Å². The molecule has 0 aliphatic rings. The molecule has 0 aliphatic heterocycles. The summed E-state index contributed by atoms with van der Waals surface area (Å²) < 4.78 is 29.2. The third-order valence-corrected chi connectivity index (χ3v) is 5.23. The molecule has 0 atom stereocenters. The minimum atomic E-state index is -3.38. The van der Waals surface area contributed by atoms with Crippen molar-refractivity contribution in [3.05, 3.63) is 10.6 Å². The average molecular weight is 335 g/mol. The summed E-state index contributed by atoms with van der Waals surface area (Å²) in [5, 5.41) is 3.06. The van der Waals surface area contributed by atoms with Crippen molar-refractivity contribution in [2.24, 2.45) is 0 Å². The highest BCUT2D eigenvalue weighted by atomic mass is 32.2. The van der Waals surface area contributed by atoms with Crippen LogP contribution in [0, 0.1) is 6.92 Å². The maximum Gasteiger partial charge on any atom is 0.263 e. The fraction of sp³-hybridized carbons (Fsp3) is 0.667. The molecule has 0 bridgehead atoms. The predicted molar refractivity (Wildman–Crippen MR) is 83.5 cm³/mol. The van der Waals surface area contributed by atoms with Crippen LogP contribution >= 0.6 is 11.3 Å². The number of nitrogens with one attached hydrogen (secondary N) is 1. The first-order valence-corrected chi connectivity index (χ1v) is 9.21. The van der Waals surface area contributed by atoms with E-state index in [-0.39, 0.29) is 11.0 Å². The fourth-order valence-corrected chi connectivity index (χ4v) is 3.16. The largest absolute Gasteiger partial charge is 0.382 e. The maximum absolute atomic E-state index is 12.0. The number of aromatic nitrogens is 1. The van der Waals surface area contributed by atoms with E-state index in [9.17, 15) is 13.2 Å². The molecule has 0 saturated carbocycles. The molecule has 21 heavy (non-hydrogen) atoms. The molecule has 0 fully saturated rings. The molecule has 0 saturated heterocycles. The second-order valence-corrected chi connectivity index (χ2v) is 7.44. The van der Waals surface area contributed by atoms with Crippen LogP contribution in [0.4, 0.5) is 5.13 Å². The number of aryl methyl sites for hydroxylation is 1. The van der Waals surface area contributed by atoms with Crippen molar-refractivity contribution in [2.45, 2.75) is 20.3 Å². The molecule has 0 spiro atoms. The summed E-state index contributed by atoms with van der Waals surface area (Å²) in [5.41, 5.74) is 0.521. The van der Waals surface area contributed by atoms with E-state index in [0.717, 1.165) is 28.3 Å². The van der Waals surface area contributed by atoms with Gasteiger partial charge in [0.15, 0.2) is 5.13 Å². The van der Waals surface area contributed by atoms with Gasteiger partial charge in [0.25, 0.3) is 5.91 Å². The summed E-state index contributed by atoms with van der Waals surface area (Å²) in [6.45, 7) is 5.36. The summed E-state index contributed by atoms with van der Waals surface area (Å²) in [5.74, 6) is -0.241. The van der Waals surface area contributed by atoms with Crippen LogP contribution in [-0.2, 0) is 14.8 Å². The lowest BCUT2D eigenvalue weighted by Crippen LogP contribution is -2.25. The minimum absolute atomic E-state index is 0.241. The standard InChI is InChI=1S/C12H21N3O4S2/c1-5-19-8-6-7-13-11(16)10-9(2)14-12(20-10)15(3)21(4,17)18/h5-8H2,1-4H3,(H,13,16). The van der Waals surface area contributed by atoms with Crippen LogP contribution in [-0.4, -0.2) is 52.4 Å². The highest BCUT2D eigenvalue weighted by Crippen LogP contribution is 2.26. The van der Waals surface area contributed by atoms with Gasteiger partial charge < -0.3 is 10.1 Å². The van der Waals surface area contributed by atoms with E-state index in [1.807, 2.05) is 6.92 Å². The molecule has 1 heterocycles. The second-order valence-electron chi connectivity index (χ2n) is 4.45. The van der Waals surface area contributed by atoms with Gasteiger partial charge in [-0.25, -0.2) is 17.7 Å². The van der Waals surface area contributed by atoms with Gasteiger partial charge in [0.1, 0.15) is 4.88 Å². The number of anilines is 1. The fourth-order valence-electron chi connectivity index (χ4n) is 1.47. The Morgan fingerprint density at radius 2 is 2.14 bits per heavy atom. The predicted octanol–water partition coefficient (Wildman–Crippen LogP) is 1.00. The van der Waals surface area contributed by atoms with Crippen molar-refractivity contribution in [3.63, 3.8) is 0 Å². The number of rotatable bonds is 8. The van der Waals surface area contributed by atoms with E-state index in [0.29, 0.717) is 30.3 Å². The number of ether oxygens (including phenoxy) is 1. The molecular formula is C12H21N3O4S2. The lowest BCUT2D eigenvalue weighted by Gasteiger charge is -2.11. The van der Waals surface area contributed by atoms with Crippen molar-refractivity contribution in [1.82, 2.24) is 10.3 Å². The van der Waals surface area contributed by atoms with E-state index in [1.165, 1.54) is 7.05 Å². The molecule has 1 rings (SSSR count). The first-order valence-electron chi connectivity index (χ1n) is 6.54. The van der Waals surface area contributed by atoms with Gasteiger partial charge in [-0.2, -0.15) is 0 Å². The normalized spacial score (nSPS) is 11.4. The highest BCUT2D eigenvalue weighted by molar-refractivity contribution is 7.92. The van der Waals surface area contributed by atoms with Crippen LogP contribution in [0.15, 0.2) is 0 Å². The van der Waals surface area contributed by atoms with Crippen molar-refractivity contribution < 1.29 is 17.9 Å². The smallest absolute Gasteiger partial charge is 0.263 e. The number of carbonyl (C=O) groups is 1. The summed E-state index contributed by atoms with van der Waals surface area (Å²) >= 11 is 1.06. The number of thiazole rings is 1. The SMILES string of the molecule is CCOCCCNC(=O)c1sc(N(C)S(C)(=O)=O)nc1C. The minimum Gasteiger partial charge on any atom is -0.382 e. The number of hydrogen-bond donors (Lipinski definition) is 1. The summed E-state index contributed by atoms with van der Waals surface area (Å²) in [6.07, 6.45) is 1.82. The van der Waals surface area contributed by atoms with Gasteiger partial charge in [0.2, 0.25) is 10.0 Å². The van der Waals surface area contributed by atoms with Gasteiger partial charge in [-0.05, 0) is 20.3 Å². The molecular weight excluding hydrogens is 314 g/mol. The van der Waals surface area contributed by atoms with Crippen LogP contribution in [0.3, 0.4) is 0 Å². The lowest BCUT2D eigenvalue weighted by molar-refractivity contribution is 0.0947. The second kappa shape index (κ2) is 7.71. The maximum atomic E-state index is 12.0. The van der Waals surface area contributed by atoms with Gasteiger partial charge in [-0.1, -0.05) is 11.3 Å². The quantitative estimate of drug-likeness (QED) is 0.716. The zero-order valence-electron chi connectivity index (χ0n) is 12.7. The van der Waals surface area contributed by atoms with Gasteiger partial charge in [-0.3, -0.25) is 4.79 Å². The van der Waals surface area contributed by atoms with Gasteiger partial charge in [-0.15, -0.1) is 0 Å². The van der Waals surface area contributed by atoms with E-state index in [2.05, 4.69) is 10.3 Å². The number of carbonyl (C=O) groups excluding carboxylic acids is 1. The van der Waals surface area contributed by atoms with Crippen LogP contribution in [0.25, 0.3) is 0 Å². The van der Waals surface area contributed by atoms with Crippen molar-refractivity contribution >= 4 is 32.4 Å². The van der Waals surface area contributed by atoms with E-state index in [1.54, 1.807) is 6.92 Å². The third-order valence-electron chi connectivity index (χ3n) is 2.71. The van der Waals surface area contributed by atoms with E-state index >= 15 is 0 Å². The Hall–Kier alpha value is -1.19. The molecule has 1 amide bonds. The first-order chi connectivity index (χ1) is 9.77. The monoisotopic (exact) mass is 335 g/mol. The van der Waals surface area contributed by atoms with Crippen molar-refractivity contribution in [1.29, 1.82) is 0 Å². The van der Waals surface area contributed by atoms with Gasteiger partial charge in [0.05, 0.1) is 11.9 Å². The van der Waals surface area contributed by atoms with E-state index in [4.69, 9.17) is 4.74 Å². The molecule has 1 aromatic rings. The Labute approximate surface area is 129 Å². The van der Waals surface area contributed by atoms with Crippen LogP contribution < -0.4 is 9.62 Å². The first kappa shape index (κ1) is 17.9. The Kier molecular flexibility index (Phi) is 6.56. The zero-order chi connectivity index (χ0) is 16.0. The summed E-state index contributed by atoms with van der Waals surface area (Å²) in [4.78, 5) is 16.6.